The van der Waals surface area contributed by atoms with E-state index in [0.717, 1.165) is 42.1 Å². The molecule has 0 unspecified atom stereocenters. The minimum atomic E-state index is -3.70. The lowest BCUT2D eigenvalue weighted by Crippen LogP contribution is -2.44. The number of sulfonamides is 1. The summed E-state index contributed by atoms with van der Waals surface area (Å²) in [5, 5.41) is 0.939. The van der Waals surface area contributed by atoms with Crippen LogP contribution in [0.15, 0.2) is 76.6 Å². The van der Waals surface area contributed by atoms with Crippen LogP contribution in [0.1, 0.15) is 36.0 Å². The fourth-order valence-corrected chi connectivity index (χ4v) is 6.83. The van der Waals surface area contributed by atoms with Gasteiger partial charge in [0.2, 0.25) is 10.0 Å². The van der Waals surface area contributed by atoms with E-state index in [1.54, 1.807) is 18.2 Å². The van der Waals surface area contributed by atoms with E-state index in [-0.39, 0.29) is 28.5 Å². The molecule has 5 nitrogen and oxygen atoms in total. The molecule has 3 aromatic rings. The first-order valence-electron chi connectivity index (χ1n) is 12.1. The molecule has 3 aromatic carbocycles. The van der Waals surface area contributed by atoms with Crippen LogP contribution in [-0.4, -0.2) is 45.2 Å². The summed E-state index contributed by atoms with van der Waals surface area (Å²) in [6, 6.07) is 20.7. The van der Waals surface area contributed by atoms with Gasteiger partial charge in [0.1, 0.15) is 17.3 Å². The van der Waals surface area contributed by atoms with Crippen LogP contribution in [0.4, 0.5) is 0 Å². The largest absolute Gasteiger partial charge is 0.492 e. The maximum Gasteiger partial charge on any atom is 0.244 e. The van der Waals surface area contributed by atoms with Crippen molar-refractivity contribution in [2.45, 2.75) is 36.0 Å². The van der Waals surface area contributed by atoms with Gasteiger partial charge in [-0.2, -0.15) is 4.31 Å². The second kappa shape index (κ2) is 10.2. The summed E-state index contributed by atoms with van der Waals surface area (Å²) in [6.45, 7) is 1.19. The molecule has 1 heterocycles. The molecule has 1 saturated carbocycles. The van der Waals surface area contributed by atoms with Crippen molar-refractivity contribution in [3.63, 3.8) is 0 Å². The fraction of sp³-hybridized carbons (Fsp3) is 0.321. The van der Waals surface area contributed by atoms with Gasteiger partial charge in [-0.25, -0.2) is 8.42 Å². The average molecular weight is 544 g/mol. The van der Waals surface area contributed by atoms with E-state index in [9.17, 15) is 8.42 Å². The molecular weight excluding hydrogens is 515 g/mol. The summed E-state index contributed by atoms with van der Waals surface area (Å²) >= 11 is 12.3. The van der Waals surface area contributed by atoms with E-state index >= 15 is 0 Å². The van der Waals surface area contributed by atoms with Gasteiger partial charge in [0.25, 0.3) is 0 Å². The van der Waals surface area contributed by atoms with Crippen LogP contribution >= 0.6 is 23.2 Å². The maximum absolute atomic E-state index is 12.9. The quantitative estimate of drug-likeness (QED) is 0.342. The van der Waals surface area contributed by atoms with Crippen molar-refractivity contribution in [2.75, 3.05) is 26.7 Å². The predicted molar refractivity (Wildman–Crippen MR) is 145 cm³/mol. The molecule has 0 bridgehead atoms. The van der Waals surface area contributed by atoms with Crippen molar-refractivity contribution in [1.29, 1.82) is 0 Å². The monoisotopic (exact) mass is 542 g/mol. The van der Waals surface area contributed by atoms with Crippen molar-refractivity contribution < 1.29 is 13.2 Å². The molecule has 0 radical (unpaired) electrons. The normalized spacial score (nSPS) is 16.7. The van der Waals surface area contributed by atoms with Gasteiger partial charge >= 0.3 is 0 Å². The highest BCUT2D eigenvalue weighted by Crippen LogP contribution is 2.48. The third kappa shape index (κ3) is 4.68. The zero-order chi connectivity index (χ0) is 25.3. The van der Waals surface area contributed by atoms with Gasteiger partial charge in [-0.1, -0.05) is 60.0 Å². The number of ether oxygens (including phenoxy) is 1. The summed E-state index contributed by atoms with van der Waals surface area (Å²) in [5.74, 6) is 0.706. The SMILES string of the molecule is CN(CCOc1ccc2c(c1)C(C1(c3ccc(Cl)cc3)CCC1)=NCC2)S(=O)(=O)c1ccccc1Cl. The molecule has 1 fully saturated rings. The molecule has 0 spiro atoms. The zero-order valence-corrected chi connectivity index (χ0v) is 22.4. The minimum absolute atomic E-state index is 0.0943. The van der Waals surface area contributed by atoms with Gasteiger partial charge < -0.3 is 4.74 Å². The summed E-state index contributed by atoms with van der Waals surface area (Å²) in [4.78, 5) is 5.11. The lowest BCUT2D eigenvalue weighted by Gasteiger charge is -2.45. The Labute approximate surface area is 222 Å². The van der Waals surface area contributed by atoms with Crippen LogP contribution in [0.25, 0.3) is 0 Å². The van der Waals surface area contributed by atoms with Gasteiger partial charge in [-0.05, 0) is 66.8 Å². The van der Waals surface area contributed by atoms with Crippen molar-refractivity contribution in [3.05, 3.63) is 93.5 Å². The van der Waals surface area contributed by atoms with Crippen LogP contribution in [0.2, 0.25) is 10.0 Å². The Kier molecular flexibility index (Phi) is 7.14. The lowest BCUT2D eigenvalue weighted by atomic mass is 9.59. The van der Waals surface area contributed by atoms with E-state index in [2.05, 4.69) is 24.3 Å². The topological polar surface area (TPSA) is 59.0 Å². The molecule has 0 atom stereocenters. The molecule has 1 aliphatic carbocycles. The number of fused-ring (bicyclic) bond motifs is 1. The van der Waals surface area contributed by atoms with Crippen molar-refractivity contribution >= 4 is 38.9 Å². The number of likely N-dealkylation sites (N-methyl/N-ethyl adjacent to an activating group) is 1. The van der Waals surface area contributed by atoms with Gasteiger partial charge in [0, 0.05) is 36.1 Å². The van der Waals surface area contributed by atoms with Crippen molar-refractivity contribution in [1.82, 2.24) is 4.31 Å². The molecule has 188 valence electrons. The summed E-state index contributed by atoms with van der Waals surface area (Å²) < 4.78 is 33.1. The first kappa shape index (κ1) is 25.3. The van der Waals surface area contributed by atoms with Gasteiger partial charge in [-0.15, -0.1) is 0 Å². The summed E-state index contributed by atoms with van der Waals surface area (Å²) in [6.07, 6.45) is 4.18. The number of halogens is 2. The Balaban J connectivity index is 1.33. The molecule has 0 amide bonds. The molecule has 0 N–H and O–H groups in total. The first-order valence-corrected chi connectivity index (χ1v) is 14.3. The fourth-order valence-electron chi connectivity index (χ4n) is 5.06. The van der Waals surface area contributed by atoms with Gasteiger partial charge in [0.05, 0.1) is 10.7 Å². The third-order valence-electron chi connectivity index (χ3n) is 7.24. The predicted octanol–water partition coefficient (Wildman–Crippen LogP) is 6.16. The highest BCUT2D eigenvalue weighted by Gasteiger charge is 2.45. The Morgan fingerprint density at radius 2 is 1.78 bits per heavy atom. The second-order valence-corrected chi connectivity index (χ2v) is 12.2. The molecule has 0 saturated heterocycles. The maximum atomic E-state index is 12.9. The number of hydrogen-bond donors (Lipinski definition) is 0. The summed E-state index contributed by atoms with van der Waals surface area (Å²) in [7, 11) is -2.17. The second-order valence-electron chi connectivity index (χ2n) is 9.35. The molecule has 5 rings (SSSR count). The van der Waals surface area contributed by atoms with Crippen molar-refractivity contribution in [3.8, 4) is 5.75 Å². The standard InChI is InChI=1S/C28H28Cl2N2O3S/c1-32(36(33,34)26-6-3-2-5-25(26)30)17-18-35-23-12-7-20-13-16-31-27(24(20)19-23)28(14-4-15-28)21-8-10-22(29)11-9-21/h2-3,5-12,19H,4,13-18H2,1H3. The number of benzene rings is 3. The zero-order valence-electron chi connectivity index (χ0n) is 20.1. The molecule has 0 aromatic heterocycles. The Morgan fingerprint density at radius 3 is 2.47 bits per heavy atom. The molecule has 2 aliphatic rings. The minimum Gasteiger partial charge on any atom is -0.492 e. The Bertz CT molecular complexity index is 1400. The van der Waals surface area contributed by atoms with Gasteiger partial charge in [0.15, 0.2) is 0 Å². The van der Waals surface area contributed by atoms with E-state index in [1.165, 1.54) is 35.0 Å². The molecular formula is C28H28Cl2N2O3S. The molecule has 36 heavy (non-hydrogen) atoms. The van der Waals surface area contributed by atoms with E-state index in [4.69, 9.17) is 32.9 Å². The van der Waals surface area contributed by atoms with Crippen LogP contribution in [0, 0.1) is 0 Å². The van der Waals surface area contributed by atoms with Gasteiger partial charge in [-0.3, -0.25) is 4.99 Å². The van der Waals surface area contributed by atoms with Crippen LogP contribution in [0.5, 0.6) is 5.75 Å². The number of nitrogens with zero attached hydrogens (tertiary/aromatic N) is 2. The lowest BCUT2D eigenvalue weighted by molar-refractivity contribution is 0.286. The third-order valence-corrected chi connectivity index (χ3v) is 9.85. The van der Waals surface area contributed by atoms with Crippen LogP contribution < -0.4 is 4.74 Å². The van der Waals surface area contributed by atoms with E-state index in [0.29, 0.717) is 5.75 Å². The van der Waals surface area contributed by atoms with Crippen LogP contribution in [-0.2, 0) is 21.9 Å². The van der Waals surface area contributed by atoms with E-state index < -0.39 is 10.0 Å². The number of hydrogen-bond acceptors (Lipinski definition) is 4. The highest BCUT2D eigenvalue weighted by atomic mass is 35.5. The number of rotatable bonds is 8. The smallest absolute Gasteiger partial charge is 0.244 e. The summed E-state index contributed by atoms with van der Waals surface area (Å²) in [5.41, 5.74) is 4.68. The Hall–Kier alpha value is -2.38. The van der Waals surface area contributed by atoms with E-state index in [1.807, 2.05) is 18.2 Å². The molecule has 8 heteroatoms. The first-order chi connectivity index (χ1) is 17.3. The van der Waals surface area contributed by atoms with Crippen molar-refractivity contribution in [2.24, 2.45) is 4.99 Å². The van der Waals surface area contributed by atoms with Crippen LogP contribution in [0.3, 0.4) is 0 Å². The number of aliphatic imine (C=N–C) groups is 1. The Morgan fingerprint density at radius 1 is 1.03 bits per heavy atom. The highest BCUT2D eigenvalue weighted by molar-refractivity contribution is 7.89. The average Bonchev–Trinajstić information content (AvgIpc) is 2.84. The molecule has 1 aliphatic heterocycles.